The fourth-order valence-corrected chi connectivity index (χ4v) is 2.05. The van der Waals surface area contributed by atoms with Gasteiger partial charge < -0.3 is 10.6 Å². The smallest absolute Gasteiger partial charge is 0.254 e. The Labute approximate surface area is 135 Å². The second-order valence-electron chi connectivity index (χ2n) is 5.57. The summed E-state index contributed by atoms with van der Waals surface area (Å²) in [7, 11) is 0. The van der Waals surface area contributed by atoms with E-state index in [4.69, 9.17) is 0 Å². The predicted molar refractivity (Wildman–Crippen MR) is 88.1 cm³/mol. The standard InChI is InChI=1S/C17H21FN4O/c1-11(2)16-21-12(3)10-15(22-16)19-8-9-20-17(23)13-6-4-5-7-14(13)18/h4-7,10-11H,8-9H2,1-3H3,(H,20,23)(H,19,21,22). The summed E-state index contributed by atoms with van der Waals surface area (Å²) < 4.78 is 13.5. The van der Waals surface area contributed by atoms with Crippen LogP contribution in [0.25, 0.3) is 0 Å². The van der Waals surface area contributed by atoms with Crippen molar-refractivity contribution in [3.05, 3.63) is 53.2 Å². The number of aryl methyl sites for hydroxylation is 1. The van der Waals surface area contributed by atoms with Crippen LogP contribution < -0.4 is 10.6 Å². The Morgan fingerprint density at radius 2 is 1.96 bits per heavy atom. The van der Waals surface area contributed by atoms with Crippen molar-refractivity contribution in [2.24, 2.45) is 0 Å². The second-order valence-corrected chi connectivity index (χ2v) is 5.57. The molecule has 0 aliphatic heterocycles. The van der Waals surface area contributed by atoms with E-state index in [-0.39, 0.29) is 11.5 Å². The molecule has 2 rings (SSSR count). The first-order chi connectivity index (χ1) is 11.0. The Balaban J connectivity index is 1.86. The van der Waals surface area contributed by atoms with Crippen LogP contribution in [0.4, 0.5) is 10.2 Å². The lowest BCUT2D eigenvalue weighted by Gasteiger charge is -2.11. The number of hydrogen-bond acceptors (Lipinski definition) is 4. The molecule has 1 aromatic carbocycles. The molecule has 2 aromatic rings. The van der Waals surface area contributed by atoms with Gasteiger partial charge in [0.25, 0.3) is 5.91 Å². The average molecular weight is 316 g/mol. The largest absolute Gasteiger partial charge is 0.368 e. The Hall–Kier alpha value is -2.50. The third kappa shape index (κ3) is 4.74. The van der Waals surface area contributed by atoms with Gasteiger partial charge in [-0.3, -0.25) is 4.79 Å². The molecule has 0 bridgehead atoms. The number of aromatic nitrogens is 2. The molecule has 1 aromatic heterocycles. The summed E-state index contributed by atoms with van der Waals surface area (Å²) in [6.07, 6.45) is 0. The van der Waals surface area contributed by atoms with Crippen molar-refractivity contribution in [3.8, 4) is 0 Å². The van der Waals surface area contributed by atoms with Gasteiger partial charge in [-0.05, 0) is 19.1 Å². The Bertz CT molecular complexity index is 688. The maximum atomic E-state index is 13.5. The molecular weight excluding hydrogens is 295 g/mol. The highest BCUT2D eigenvalue weighted by atomic mass is 19.1. The molecule has 1 heterocycles. The van der Waals surface area contributed by atoms with E-state index in [2.05, 4.69) is 20.6 Å². The number of carbonyl (C=O) groups excluding carboxylic acids is 1. The number of carbonyl (C=O) groups is 1. The summed E-state index contributed by atoms with van der Waals surface area (Å²) in [6, 6.07) is 7.76. The van der Waals surface area contributed by atoms with Gasteiger partial charge in [-0.25, -0.2) is 14.4 Å². The Morgan fingerprint density at radius 1 is 1.22 bits per heavy atom. The second kappa shape index (κ2) is 7.67. The molecular formula is C17H21FN4O. The van der Waals surface area contributed by atoms with Crippen LogP contribution >= 0.6 is 0 Å². The third-order valence-electron chi connectivity index (χ3n) is 3.22. The van der Waals surface area contributed by atoms with Crippen molar-refractivity contribution in [2.45, 2.75) is 26.7 Å². The van der Waals surface area contributed by atoms with Crippen LogP contribution in [0.1, 0.15) is 41.6 Å². The van der Waals surface area contributed by atoms with Gasteiger partial charge in [0.1, 0.15) is 17.5 Å². The normalized spacial score (nSPS) is 10.7. The van der Waals surface area contributed by atoms with Crippen LogP contribution in [0.5, 0.6) is 0 Å². The summed E-state index contributed by atoms with van der Waals surface area (Å²) in [6.45, 7) is 6.85. The molecule has 122 valence electrons. The van der Waals surface area contributed by atoms with E-state index in [1.807, 2.05) is 26.8 Å². The minimum absolute atomic E-state index is 0.0486. The summed E-state index contributed by atoms with van der Waals surface area (Å²) in [4.78, 5) is 20.7. The van der Waals surface area contributed by atoms with E-state index in [1.54, 1.807) is 12.1 Å². The number of amides is 1. The van der Waals surface area contributed by atoms with Crippen molar-refractivity contribution in [1.29, 1.82) is 0 Å². The maximum absolute atomic E-state index is 13.5. The Kier molecular flexibility index (Phi) is 5.62. The number of rotatable bonds is 6. The molecule has 2 N–H and O–H groups in total. The van der Waals surface area contributed by atoms with E-state index < -0.39 is 11.7 Å². The lowest BCUT2D eigenvalue weighted by Crippen LogP contribution is -2.29. The third-order valence-corrected chi connectivity index (χ3v) is 3.22. The zero-order chi connectivity index (χ0) is 16.8. The number of benzene rings is 1. The first-order valence-electron chi connectivity index (χ1n) is 7.59. The lowest BCUT2D eigenvalue weighted by atomic mass is 10.2. The summed E-state index contributed by atoms with van der Waals surface area (Å²) >= 11 is 0. The van der Waals surface area contributed by atoms with Crippen LogP contribution in [0.3, 0.4) is 0 Å². The molecule has 23 heavy (non-hydrogen) atoms. The molecule has 0 unspecified atom stereocenters. The van der Waals surface area contributed by atoms with E-state index in [9.17, 15) is 9.18 Å². The molecule has 6 heteroatoms. The van der Waals surface area contributed by atoms with Crippen molar-refractivity contribution >= 4 is 11.7 Å². The van der Waals surface area contributed by atoms with Crippen LogP contribution in [-0.4, -0.2) is 29.0 Å². The van der Waals surface area contributed by atoms with Gasteiger partial charge >= 0.3 is 0 Å². The summed E-state index contributed by atoms with van der Waals surface area (Å²) in [5.74, 6) is 0.804. The topological polar surface area (TPSA) is 66.9 Å². The highest BCUT2D eigenvalue weighted by Gasteiger charge is 2.10. The van der Waals surface area contributed by atoms with E-state index in [0.29, 0.717) is 13.1 Å². The van der Waals surface area contributed by atoms with E-state index >= 15 is 0 Å². The molecule has 0 radical (unpaired) electrons. The fraction of sp³-hybridized carbons (Fsp3) is 0.353. The zero-order valence-electron chi connectivity index (χ0n) is 13.6. The van der Waals surface area contributed by atoms with Gasteiger partial charge in [0.05, 0.1) is 5.56 Å². The van der Waals surface area contributed by atoms with Crippen molar-refractivity contribution < 1.29 is 9.18 Å². The molecule has 0 fully saturated rings. The van der Waals surface area contributed by atoms with Crippen LogP contribution in [-0.2, 0) is 0 Å². The fourth-order valence-electron chi connectivity index (χ4n) is 2.05. The first kappa shape index (κ1) is 16.9. The van der Waals surface area contributed by atoms with Crippen molar-refractivity contribution in [1.82, 2.24) is 15.3 Å². The number of anilines is 1. The molecule has 1 amide bonds. The highest BCUT2D eigenvalue weighted by Crippen LogP contribution is 2.13. The van der Waals surface area contributed by atoms with Crippen molar-refractivity contribution in [2.75, 3.05) is 18.4 Å². The minimum Gasteiger partial charge on any atom is -0.368 e. The van der Waals surface area contributed by atoms with Gasteiger partial charge in [-0.2, -0.15) is 0 Å². The highest BCUT2D eigenvalue weighted by molar-refractivity contribution is 5.94. The van der Waals surface area contributed by atoms with Crippen LogP contribution in [0, 0.1) is 12.7 Å². The van der Waals surface area contributed by atoms with E-state index in [1.165, 1.54) is 12.1 Å². The first-order valence-corrected chi connectivity index (χ1v) is 7.59. The summed E-state index contributed by atoms with van der Waals surface area (Å²) in [5, 5.41) is 5.82. The van der Waals surface area contributed by atoms with Crippen molar-refractivity contribution in [3.63, 3.8) is 0 Å². The molecule has 0 aliphatic carbocycles. The molecule has 0 atom stereocenters. The Morgan fingerprint density at radius 3 is 2.65 bits per heavy atom. The maximum Gasteiger partial charge on any atom is 0.254 e. The molecule has 5 nitrogen and oxygen atoms in total. The number of hydrogen-bond donors (Lipinski definition) is 2. The number of nitrogens with zero attached hydrogens (tertiary/aromatic N) is 2. The quantitative estimate of drug-likeness (QED) is 0.804. The van der Waals surface area contributed by atoms with Gasteiger partial charge in [-0.1, -0.05) is 26.0 Å². The lowest BCUT2D eigenvalue weighted by molar-refractivity contribution is 0.0951. The average Bonchev–Trinajstić information content (AvgIpc) is 2.51. The number of halogens is 1. The minimum atomic E-state index is -0.522. The van der Waals surface area contributed by atoms with Gasteiger partial charge in [0.15, 0.2) is 0 Å². The van der Waals surface area contributed by atoms with Gasteiger partial charge in [0, 0.05) is 30.8 Å². The molecule has 0 saturated heterocycles. The van der Waals surface area contributed by atoms with Gasteiger partial charge in [0.2, 0.25) is 0 Å². The van der Waals surface area contributed by atoms with E-state index in [0.717, 1.165) is 17.3 Å². The number of nitrogens with one attached hydrogen (secondary N) is 2. The predicted octanol–water partition coefficient (Wildman–Crippen LogP) is 2.89. The molecule has 0 aliphatic rings. The SMILES string of the molecule is Cc1cc(NCCNC(=O)c2ccccc2F)nc(C(C)C)n1. The van der Waals surface area contributed by atoms with Crippen LogP contribution in [0.15, 0.2) is 30.3 Å². The molecule has 0 saturated carbocycles. The summed E-state index contributed by atoms with van der Waals surface area (Å²) in [5.41, 5.74) is 0.939. The van der Waals surface area contributed by atoms with Crippen LogP contribution in [0.2, 0.25) is 0 Å². The zero-order valence-corrected chi connectivity index (χ0v) is 13.6. The monoisotopic (exact) mass is 316 g/mol. The van der Waals surface area contributed by atoms with Gasteiger partial charge in [-0.15, -0.1) is 0 Å². The molecule has 0 spiro atoms.